The molecule has 0 aromatic carbocycles. The van der Waals surface area contributed by atoms with Gasteiger partial charge in [-0.2, -0.15) is 5.10 Å². The predicted octanol–water partition coefficient (Wildman–Crippen LogP) is 1.24. The summed E-state index contributed by atoms with van der Waals surface area (Å²) >= 11 is 0. The number of rotatable bonds is 4. The van der Waals surface area contributed by atoms with Crippen molar-refractivity contribution < 1.29 is 9.59 Å². The van der Waals surface area contributed by atoms with Crippen molar-refractivity contribution in [2.45, 2.75) is 44.7 Å². The summed E-state index contributed by atoms with van der Waals surface area (Å²) in [5.74, 6) is -0.306. The molecule has 0 aliphatic heterocycles. The number of carbonyl (C=O) groups is 2. The normalized spacial score (nSPS) is 23.7. The van der Waals surface area contributed by atoms with Crippen LogP contribution in [-0.2, 0) is 16.1 Å². The van der Waals surface area contributed by atoms with Gasteiger partial charge in [-0.25, -0.2) is 0 Å². The fraction of sp³-hybridized carbons (Fsp3) is 0.667. The second-order valence-corrected chi connectivity index (χ2v) is 6.51. The first-order valence-corrected chi connectivity index (χ1v) is 7.62. The van der Waals surface area contributed by atoms with Crippen molar-refractivity contribution in [3.05, 3.63) is 12.4 Å². The average molecular weight is 344 g/mol. The summed E-state index contributed by atoms with van der Waals surface area (Å²) in [6.07, 6.45) is 6.99. The highest BCUT2D eigenvalue weighted by Crippen LogP contribution is 2.32. The molecule has 2 rings (SSSR count). The van der Waals surface area contributed by atoms with Gasteiger partial charge in [0, 0.05) is 25.8 Å². The van der Waals surface area contributed by atoms with Crippen LogP contribution in [0.4, 0.5) is 5.69 Å². The molecular weight excluding hydrogens is 318 g/mol. The zero-order valence-electron chi connectivity index (χ0n) is 13.9. The van der Waals surface area contributed by atoms with Crippen LogP contribution in [0.5, 0.6) is 0 Å². The molecule has 1 fully saturated rings. The smallest absolute Gasteiger partial charge is 0.243 e. The second-order valence-electron chi connectivity index (χ2n) is 6.51. The molecule has 1 aliphatic carbocycles. The molecule has 1 aliphatic rings. The molecule has 0 bridgehead atoms. The highest BCUT2D eigenvalue weighted by Gasteiger charge is 2.37. The number of hydrogen-bond acceptors (Lipinski definition) is 4. The number of nitrogens with one attached hydrogen (secondary N) is 1. The maximum atomic E-state index is 12.4. The van der Waals surface area contributed by atoms with Crippen LogP contribution in [0.3, 0.4) is 0 Å². The summed E-state index contributed by atoms with van der Waals surface area (Å²) in [7, 11) is 3.39. The summed E-state index contributed by atoms with van der Waals surface area (Å²) in [4.78, 5) is 25.6. The van der Waals surface area contributed by atoms with Gasteiger partial charge in [0.1, 0.15) is 6.54 Å². The number of nitrogens with zero attached hydrogens (tertiary/aromatic N) is 3. The first-order valence-electron chi connectivity index (χ1n) is 7.62. The summed E-state index contributed by atoms with van der Waals surface area (Å²) in [6, 6.07) is 0. The summed E-state index contributed by atoms with van der Waals surface area (Å²) in [5.41, 5.74) is 6.39. The largest absolute Gasteiger partial charge is 0.347 e. The predicted molar refractivity (Wildman–Crippen MR) is 91.3 cm³/mol. The monoisotopic (exact) mass is 343 g/mol. The molecule has 23 heavy (non-hydrogen) atoms. The second kappa shape index (κ2) is 7.79. The highest BCUT2D eigenvalue weighted by molar-refractivity contribution is 5.93. The topological polar surface area (TPSA) is 93.2 Å². The Labute approximate surface area is 143 Å². The zero-order chi connectivity index (χ0) is 16.3. The first-order chi connectivity index (χ1) is 10.3. The van der Waals surface area contributed by atoms with Crippen LogP contribution >= 0.6 is 12.4 Å². The van der Waals surface area contributed by atoms with Gasteiger partial charge in [-0.05, 0) is 19.8 Å². The fourth-order valence-corrected chi connectivity index (χ4v) is 2.81. The molecular formula is C15H26ClN5O2. The number of amides is 2. The van der Waals surface area contributed by atoms with Crippen LogP contribution in [-0.4, -0.2) is 46.1 Å². The Hall–Kier alpha value is -1.60. The van der Waals surface area contributed by atoms with E-state index in [0.717, 1.165) is 25.7 Å². The number of anilines is 1. The summed E-state index contributed by atoms with van der Waals surface area (Å²) < 4.78 is 1.51. The Bertz CT molecular complexity index is 556. The van der Waals surface area contributed by atoms with Gasteiger partial charge < -0.3 is 16.0 Å². The number of halogens is 1. The molecule has 1 aromatic heterocycles. The van der Waals surface area contributed by atoms with Crippen molar-refractivity contribution in [3.8, 4) is 0 Å². The summed E-state index contributed by atoms with van der Waals surface area (Å²) in [5, 5.41) is 6.96. The van der Waals surface area contributed by atoms with E-state index in [0.29, 0.717) is 5.69 Å². The molecule has 0 radical (unpaired) electrons. The molecule has 7 nitrogen and oxygen atoms in total. The molecule has 8 heteroatoms. The van der Waals surface area contributed by atoms with Crippen LogP contribution < -0.4 is 11.1 Å². The molecule has 0 spiro atoms. The van der Waals surface area contributed by atoms with Crippen LogP contribution in [0, 0.1) is 5.92 Å². The highest BCUT2D eigenvalue weighted by atomic mass is 35.5. The number of aromatic nitrogens is 2. The molecule has 2 amide bonds. The molecule has 130 valence electrons. The van der Waals surface area contributed by atoms with Gasteiger partial charge in [-0.15, -0.1) is 12.4 Å². The Morgan fingerprint density at radius 1 is 1.48 bits per heavy atom. The first kappa shape index (κ1) is 19.4. The minimum absolute atomic E-state index is 0. The lowest BCUT2D eigenvalue weighted by Gasteiger charge is -2.37. The lowest BCUT2D eigenvalue weighted by Crippen LogP contribution is -2.51. The molecule has 1 saturated carbocycles. The molecule has 0 saturated heterocycles. The summed E-state index contributed by atoms with van der Waals surface area (Å²) in [6.45, 7) is 2.09. The third-order valence-electron chi connectivity index (χ3n) is 4.27. The molecule has 2 unspecified atom stereocenters. The van der Waals surface area contributed by atoms with Crippen molar-refractivity contribution in [1.29, 1.82) is 0 Å². The Morgan fingerprint density at radius 3 is 2.78 bits per heavy atom. The molecule has 1 heterocycles. The third kappa shape index (κ3) is 4.94. The number of nitrogens with two attached hydrogens (primary N) is 1. The Kier molecular flexibility index (Phi) is 6.58. The van der Waals surface area contributed by atoms with E-state index in [9.17, 15) is 9.59 Å². The SMILES string of the molecule is CN(C)C(=O)Cn1cc(NC(=O)C2CCCCC2(C)N)cn1.Cl. The van der Waals surface area contributed by atoms with Gasteiger partial charge in [0.2, 0.25) is 11.8 Å². The van der Waals surface area contributed by atoms with E-state index < -0.39 is 5.54 Å². The van der Waals surface area contributed by atoms with Crippen LogP contribution in [0.15, 0.2) is 12.4 Å². The van der Waals surface area contributed by atoms with E-state index in [4.69, 9.17) is 5.73 Å². The van der Waals surface area contributed by atoms with Gasteiger partial charge >= 0.3 is 0 Å². The van der Waals surface area contributed by atoms with Gasteiger partial charge in [-0.1, -0.05) is 12.8 Å². The quantitative estimate of drug-likeness (QED) is 0.860. The van der Waals surface area contributed by atoms with Crippen LogP contribution in [0.2, 0.25) is 0 Å². The standard InChI is InChI=1S/C15H25N5O2.ClH/c1-15(16)7-5-4-6-12(15)14(22)18-11-8-17-20(9-11)10-13(21)19(2)3;/h8-9,12H,4-7,10,16H2,1-3H3,(H,18,22);1H. The van der Waals surface area contributed by atoms with Gasteiger partial charge in [0.05, 0.1) is 17.8 Å². The lowest BCUT2D eigenvalue weighted by molar-refractivity contribution is -0.129. The van der Waals surface area contributed by atoms with Crippen molar-refractivity contribution in [2.75, 3.05) is 19.4 Å². The van der Waals surface area contributed by atoms with E-state index in [1.165, 1.54) is 9.58 Å². The molecule has 2 atom stereocenters. The van der Waals surface area contributed by atoms with Crippen molar-refractivity contribution in [3.63, 3.8) is 0 Å². The third-order valence-corrected chi connectivity index (χ3v) is 4.27. The van der Waals surface area contributed by atoms with E-state index >= 15 is 0 Å². The van der Waals surface area contributed by atoms with Crippen molar-refractivity contribution in [2.24, 2.45) is 11.7 Å². The average Bonchev–Trinajstić information content (AvgIpc) is 2.85. The number of hydrogen-bond donors (Lipinski definition) is 2. The van der Waals surface area contributed by atoms with Crippen molar-refractivity contribution >= 4 is 29.9 Å². The zero-order valence-corrected chi connectivity index (χ0v) is 14.7. The maximum absolute atomic E-state index is 12.4. The van der Waals surface area contributed by atoms with Crippen molar-refractivity contribution in [1.82, 2.24) is 14.7 Å². The minimum atomic E-state index is -0.459. The van der Waals surface area contributed by atoms with Gasteiger partial charge in [-0.3, -0.25) is 14.3 Å². The van der Waals surface area contributed by atoms with Gasteiger partial charge in [0.25, 0.3) is 0 Å². The van der Waals surface area contributed by atoms with E-state index in [1.54, 1.807) is 26.5 Å². The maximum Gasteiger partial charge on any atom is 0.243 e. The Morgan fingerprint density at radius 2 is 2.17 bits per heavy atom. The van der Waals surface area contributed by atoms with Gasteiger partial charge in [0.15, 0.2) is 0 Å². The Balaban J connectivity index is 0.00000264. The van der Waals surface area contributed by atoms with Crippen LogP contribution in [0.25, 0.3) is 0 Å². The van der Waals surface area contributed by atoms with E-state index in [1.807, 2.05) is 6.92 Å². The number of likely N-dealkylation sites (N-methyl/N-ethyl adjacent to an activating group) is 1. The molecule has 1 aromatic rings. The fourth-order valence-electron chi connectivity index (χ4n) is 2.81. The number of carbonyl (C=O) groups excluding carboxylic acids is 2. The minimum Gasteiger partial charge on any atom is -0.347 e. The van der Waals surface area contributed by atoms with E-state index in [2.05, 4.69) is 10.4 Å². The van der Waals surface area contributed by atoms with E-state index in [-0.39, 0.29) is 36.7 Å². The molecule has 3 N–H and O–H groups in total. The van der Waals surface area contributed by atoms with Crippen LogP contribution in [0.1, 0.15) is 32.6 Å². The lowest BCUT2D eigenvalue weighted by atomic mass is 9.74.